The number of hydrogen-bond donors (Lipinski definition) is 1. The summed E-state index contributed by atoms with van der Waals surface area (Å²) in [5.41, 5.74) is 3.12. The van der Waals surface area contributed by atoms with E-state index in [-0.39, 0.29) is 0 Å². The fourth-order valence-electron chi connectivity index (χ4n) is 1.36. The van der Waals surface area contributed by atoms with Crippen LogP contribution in [-0.2, 0) is 0 Å². The lowest BCUT2D eigenvalue weighted by Gasteiger charge is -1.99. The Morgan fingerprint density at radius 2 is 1.65 bits per heavy atom. The van der Waals surface area contributed by atoms with Gasteiger partial charge in [0, 0.05) is 10.7 Å². The summed E-state index contributed by atoms with van der Waals surface area (Å²) >= 11 is 5.79. The van der Waals surface area contributed by atoms with Gasteiger partial charge in [0.05, 0.1) is 12.0 Å². The Hall–Kier alpha value is -1.80. The van der Waals surface area contributed by atoms with E-state index in [1.807, 2.05) is 48.5 Å². The summed E-state index contributed by atoms with van der Waals surface area (Å²) in [6.45, 7) is 2.06. The summed E-state index contributed by atoms with van der Waals surface area (Å²) in [5, 5.41) is 3.81. The van der Waals surface area contributed by atoms with E-state index in [1.54, 1.807) is 6.34 Å². The van der Waals surface area contributed by atoms with Gasteiger partial charge in [-0.1, -0.05) is 29.3 Å². The quantitative estimate of drug-likeness (QED) is 0.627. The summed E-state index contributed by atoms with van der Waals surface area (Å²) < 4.78 is 0. The summed E-state index contributed by atoms with van der Waals surface area (Å²) in [6, 6.07) is 15.5. The molecule has 17 heavy (non-hydrogen) atoms. The molecule has 1 N–H and O–H groups in total. The minimum atomic E-state index is 0.728. The van der Waals surface area contributed by atoms with Crippen LogP contribution in [0.1, 0.15) is 5.56 Å². The molecule has 0 radical (unpaired) electrons. The molecule has 0 aromatic heterocycles. The Morgan fingerprint density at radius 3 is 2.29 bits per heavy atom. The highest BCUT2D eigenvalue weighted by Crippen LogP contribution is 2.14. The van der Waals surface area contributed by atoms with Crippen LogP contribution in [-0.4, -0.2) is 6.34 Å². The molecular formula is C14H13ClN2. The molecule has 0 aliphatic carbocycles. The number of nitrogens with zero attached hydrogens (tertiary/aromatic N) is 1. The fourth-order valence-corrected chi connectivity index (χ4v) is 1.48. The molecule has 0 fully saturated rings. The van der Waals surface area contributed by atoms with E-state index >= 15 is 0 Å². The second-order valence-corrected chi connectivity index (χ2v) is 4.18. The summed E-state index contributed by atoms with van der Waals surface area (Å²) in [6.07, 6.45) is 1.67. The smallest absolute Gasteiger partial charge is 0.0930 e. The van der Waals surface area contributed by atoms with Gasteiger partial charge in [-0.2, -0.15) is 0 Å². The molecule has 0 aliphatic rings. The molecule has 2 nitrogen and oxygen atoms in total. The average molecular weight is 245 g/mol. The molecule has 3 heteroatoms. The van der Waals surface area contributed by atoms with Crippen molar-refractivity contribution in [2.24, 2.45) is 4.99 Å². The van der Waals surface area contributed by atoms with Gasteiger partial charge in [0.25, 0.3) is 0 Å². The third kappa shape index (κ3) is 3.61. The molecule has 0 aliphatic heterocycles. The van der Waals surface area contributed by atoms with Crippen molar-refractivity contribution >= 4 is 29.3 Å². The zero-order valence-electron chi connectivity index (χ0n) is 9.52. The lowest BCUT2D eigenvalue weighted by molar-refractivity contribution is 1.44. The molecule has 0 spiro atoms. The van der Waals surface area contributed by atoms with E-state index < -0.39 is 0 Å². The van der Waals surface area contributed by atoms with Crippen molar-refractivity contribution in [2.75, 3.05) is 5.32 Å². The van der Waals surface area contributed by atoms with Crippen molar-refractivity contribution in [3.63, 3.8) is 0 Å². The summed E-state index contributed by atoms with van der Waals surface area (Å²) in [7, 11) is 0. The van der Waals surface area contributed by atoms with Gasteiger partial charge >= 0.3 is 0 Å². The average Bonchev–Trinajstić information content (AvgIpc) is 2.34. The number of anilines is 1. The minimum Gasteiger partial charge on any atom is -0.346 e. The van der Waals surface area contributed by atoms with E-state index in [4.69, 9.17) is 11.6 Å². The molecule has 0 unspecified atom stereocenters. The zero-order valence-corrected chi connectivity index (χ0v) is 10.3. The number of benzene rings is 2. The molecular weight excluding hydrogens is 232 g/mol. The molecule has 2 aromatic carbocycles. The molecule has 0 saturated carbocycles. The van der Waals surface area contributed by atoms with Gasteiger partial charge in [-0.15, -0.1) is 0 Å². The SMILES string of the molecule is Cc1ccc(N=CNc2ccc(Cl)cc2)cc1. The summed E-state index contributed by atoms with van der Waals surface area (Å²) in [4.78, 5) is 4.30. The van der Waals surface area contributed by atoms with Crippen LogP contribution >= 0.6 is 11.6 Å². The van der Waals surface area contributed by atoms with Crippen molar-refractivity contribution in [2.45, 2.75) is 6.92 Å². The second-order valence-electron chi connectivity index (χ2n) is 3.74. The van der Waals surface area contributed by atoms with Crippen molar-refractivity contribution in [1.29, 1.82) is 0 Å². The van der Waals surface area contributed by atoms with Crippen LogP contribution in [0.25, 0.3) is 0 Å². The molecule has 2 aromatic rings. The molecule has 86 valence electrons. The van der Waals surface area contributed by atoms with Crippen LogP contribution < -0.4 is 5.32 Å². The van der Waals surface area contributed by atoms with Crippen LogP contribution in [0.2, 0.25) is 5.02 Å². The van der Waals surface area contributed by atoms with Gasteiger partial charge in [0.1, 0.15) is 0 Å². The van der Waals surface area contributed by atoms with E-state index in [2.05, 4.69) is 17.2 Å². The highest BCUT2D eigenvalue weighted by molar-refractivity contribution is 6.30. The van der Waals surface area contributed by atoms with Crippen molar-refractivity contribution in [3.8, 4) is 0 Å². The number of hydrogen-bond acceptors (Lipinski definition) is 1. The number of aryl methyl sites for hydroxylation is 1. The van der Waals surface area contributed by atoms with Gasteiger partial charge in [-0.3, -0.25) is 0 Å². The normalized spacial score (nSPS) is 10.7. The first-order chi connectivity index (χ1) is 8.24. The molecule has 0 amide bonds. The minimum absolute atomic E-state index is 0.728. The van der Waals surface area contributed by atoms with Gasteiger partial charge in [0.15, 0.2) is 0 Å². The number of nitrogens with one attached hydrogen (secondary N) is 1. The van der Waals surface area contributed by atoms with Crippen LogP contribution in [0, 0.1) is 6.92 Å². The molecule has 2 rings (SSSR count). The Morgan fingerprint density at radius 1 is 1.00 bits per heavy atom. The maximum absolute atomic E-state index is 5.79. The van der Waals surface area contributed by atoms with Gasteiger partial charge in [-0.25, -0.2) is 4.99 Å². The van der Waals surface area contributed by atoms with Crippen LogP contribution in [0.15, 0.2) is 53.5 Å². The highest BCUT2D eigenvalue weighted by atomic mass is 35.5. The van der Waals surface area contributed by atoms with Crippen LogP contribution in [0.3, 0.4) is 0 Å². The summed E-state index contributed by atoms with van der Waals surface area (Å²) in [5.74, 6) is 0. The van der Waals surface area contributed by atoms with E-state index in [0.717, 1.165) is 16.4 Å². The standard InChI is InChI=1S/C14H13ClN2/c1-11-2-6-13(7-3-11)16-10-17-14-8-4-12(15)5-9-14/h2-10H,1H3,(H,16,17). The Balaban J connectivity index is 1.97. The first-order valence-electron chi connectivity index (χ1n) is 5.35. The van der Waals surface area contributed by atoms with Crippen LogP contribution in [0.5, 0.6) is 0 Å². The van der Waals surface area contributed by atoms with Gasteiger partial charge in [-0.05, 0) is 43.3 Å². The lowest BCUT2D eigenvalue weighted by Crippen LogP contribution is -1.93. The zero-order chi connectivity index (χ0) is 12.1. The first-order valence-corrected chi connectivity index (χ1v) is 5.73. The Bertz CT molecular complexity index is 501. The molecule has 0 saturated heterocycles. The van der Waals surface area contributed by atoms with Crippen molar-refractivity contribution < 1.29 is 0 Å². The third-order valence-electron chi connectivity index (χ3n) is 2.32. The molecule has 0 heterocycles. The maximum Gasteiger partial charge on any atom is 0.0930 e. The number of aliphatic imine (C=N–C) groups is 1. The number of halogens is 1. The largest absolute Gasteiger partial charge is 0.346 e. The number of rotatable bonds is 3. The van der Waals surface area contributed by atoms with E-state index in [0.29, 0.717) is 0 Å². The first kappa shape index (κ1) is 11.7. The monoisotopic (exact) mass is 244 g/mol. The van der Waals surface area contributed by atoms with E-state index in [1.165, 1.54) is 5.56 Å². The molecule has 0 atom stereocenters. The topological polar surface area (TPSA) is 24.4 Å². The van der Waals surface area contributed by atoms with Crippen molar-refractivity contribution in [3.05, 3.63) is 59.1 Å². The predicted octanol–water partition coefficient (Wildman–Crippen LogP) is 4.42. The van der Waals surface area contributed by atoms with Crippen LogP contribution in [0.4, 0.5) is 11.4 Å². The maximum atomic E-state index is 5.79. The van der Waals surface area contributed by atoms with Crippen molar-refractivity contribution in [1.82, 2.24) is 0 Å². The predicted molar refractivity (Wildman–Crippen MR) is 74.4 cm³/mol. The van der Waals surface area contributed by atoms with E-state index in [9.17, 15) is 0 Å². The second kappa shape index (κ2) is 5.51. The Labute approximate surface area is 106 Å². The van der Waals surface area contributed by atoms with Gasteiger partial charge < -0.3 is 5.32 Å². The third-order valence-corrected chi connectivity index (χ3v) is 2.58. The fraction of sp³-hybridized carbons (Fsp3) is 0.0714. The molecule has 0 bridgehead atoms. The van der Waals surface area contributed by atoms with Gasteiger partial charge in [0.2, 0.25) is 0 Å². The Kier molecular flexibility index (Phi) is 3.78. The lowest BCUT2D eigenvalue weighted by atomic mass is 10.2. The highest BCUT2D eigenvalue weighted by Gasteiger charge is 1.90.